The van der Waals surface area contributed by atoms with Crippen LogP contribution < -0.4 is 4.90 Å². The van der Waals surface area contributed by atoms with Crippen LogP contribution in [0.2, 0.25) is 0 Å². The van der Waals surface area contributed by atoms with Crippen LogP contribution in [0.4, 0.5) is 5.82 Å². The minimum atomic E-state index is -3.20. The minimum absolute atomic E-state index is 0.0600. The smallest absolute Gasteiger partial charge is 0.175 e. The SMILES string of the molecule is Cc1cccnc1N1CCC(C(=O)Cc2ccc(S(C)(=O)=O)cc2)CC1. The average Bonchev–Trinajstić information content (AvgIpc) is 2.62. The molecule has 26 heavy (non-hydrogen) atoms. The Balaban J connectivity index is 1.58. The average molecular weight is 372 g/mol. The first-order valence-electron chi connectivity index (χ1n) is 8.83. The molecule has 138 valence electrons. The van der Waals surface area contributed by atoms with E-state index in [1.807, 2.05) is 6.07 Å². The van der Waals surface area contributed by atoms with E-state index in [1.165, 1.54) is 6.26 Å². The van der Waals surface area contributed by atoms with Crippen molar-refractivity contribution in [3.63, 3.8) is 0 Å². The lowest BCUT2D eigenvalue weighted by Gasteiger charge is -2.33. The van der Waals surface area contributed by atoms with Crippen LogP contribution in [0.15, 0.2) is 47.5 Å². The van der Waals surface area contributed by atoms with Crippen molar-refractivity contribution in [1.82, 2.24) is 4.98 Å². The van der Waals surface area contributed by atoms with E-state index in [0.29, 0.717) is 6.42 Å². The van der Waals surface area contributed by atoms with Crippen LogP contribution >= 0.6 is 0 Å². The van der Waals surface area contributed by atoms with Crippen molar-refractivity contribution >= 4 is 21.4 Å². The summed E-state index contributed by atoms with van der Waals surface area (Å²) < 4.78 is 23.0. The van der Waals surface area contributed by atoms with Gasteiger partial charge in [0.2, 0.25) is 0 Å². The fourth-order valence-electron chi connectivity index (χ4n) is 3.42. The molecule has 1 saturated heterocycles. The van der Waals surface area contributed by atoms with Gasteiger partial charge in [0.25, 0.3) is 0 Å². The lowest BCUT2D eigenvalue weighted by Crippen LogP contribution is -2.37. The maximum Gasteiger partial charge on any atom is 0.175 e. The van der Waals surface area contributed by atoms with Gasteiger partial charge in [-0.2, -0.15) is 0 Å². The molecule has 1 aliphatic rings. The number of nitrogens with zero attached hydrogens (tertiary/aromatic N) is 2. The zero-order valence-corrected chi connectivity index (χ0v) is 16.0. The van der Waals surface area contributed by atoms with Crippen LogP contribution in [0.5, 0.6) is 0 Å². The lowest BCUT2D eigenvalue weighted by molar-refractivity contribution is -0.122. The number of rotatable bonds is 5. The number of sulfone groups is 1. The summed E-state index contributed by atoms with van der Waals surface area (Å²) >= 11 is 0. The molecule has 6 heteroatoms. The Morgan fingerprint density at radius 1 is 1.15 bits per heavy atom. The summed E-state index contributed by atoms with van der Waals surface area (Å²) in [6.45, 7) is 3.72. The molecule has 0 spiro atoms. The van der Waals surface area contributed by atoms with E-state index in [2.05, 4.69) is 22.9 Å². The van der Waals surface area contributed by atoms with Crippen LogP contribution in [0.3, 0.4) is 0 Å². The van der Waals surface area contributed by atoms with Crippen LogP contribution in [-0.2, 0) is 21.1 Å². The van der Waals surface area contributed by atoms with Crippen LogP contribution in [-0.4, -0.2) is 38.5 Å². The third-order valence-electron chi connectivity index (χ3n) is 4.96. The highest BCUT2D eigenvalue weighted by atomic mass is 32.2. The number of pyridine rings is 1. The topological polar surface area (TPSA) is 67.3 Å². The Kier molecular flexibility index (Phi) is 5.41. The number of carbonyl (C=O) groups excluding carboxylic acids is 1. The second-order valence-corrected chi connectivity index (χ2v) is 8.98. The van der Waals surface area contributed by atoms with Crippen molar-refractivity contribution in [3.05, 3.63) is 53.7 Å². The van der Waals surface area contributed by atoms with Crippen molar-refractivity contribution < 1.29 is 13.2 Å². The Hall–Kier alpha value is -2.21. The number of ketones is 1. The number of anilines is 1. The molecule has 0 amide bonds. The highest BCUT2D eigenvalue weighted by Gasteiger charge is 2.26. The van der Waals surface area contributed by atoms with Gasteiger partial charge in [-0.1, -0.05) is 18.2 Å². The highest BCUT2D eigenvalue weighted by molar-refractivity contribution is 7.90. The molecule has 5 nitrogen and oxygen atoms in total. The van der Waals surface area contributed by atoms with Crippen molar-refractivity contribution in [3.8, 4) is 0 Å². The largest absolute Gasteiger partial charge is 0.356 e. The molecule has 1 fully saturated rings. The van der Waals surface area contributed by atoms with Gasteiger partial charge in [0.05, 0.1) is 4.90 Å². The van der Waals surface area contributed by atoms with Gasteiger partial charge in [0.1, 0.15) is 11.6 Å². The number of benzene rings is 1. The van der Waals surface area contributed by atoms with E-state index in [9.17, 15) is 13.2 Å². The molecule has 2 heterocycles. The van der Waals surface area contributed by atoms with E-state index in [0.717, 1.165) is 42.9 Å². The number of aryl methyl sites for hydroxylation is 1. The Morgan fingerprint density at radius 2 is 1.81 bits per heavy atom. The highest BCUT2D eigenvalue weighted by Crippen LogP contribution is 2.25. The monoisotopic (exact) mass is 372 g/mol. The molecule has 0 aliphatic carbocycles. The standard InChI is InChI=1S/C20H24N2O3S/c1-15-4-3-11-21-20(15)22-12-9-17(10-13-22)19(23)14-16-5-7-18(8-6-16)26(2,24)25/h3-8,11,17H,9-10,12-14H2,1-2H3. The van der Waals surface area contributed by atoms with Gasteiger partial charge in [-0.25, -0.2) is 13.4 Å². The predicted octanol–water partition coefficient (Wildman–Crippen LogP) is 2.82. The third kappa shape index (κ3) is 4.30. The van der Waals surface area contributed by atoms with Crippen LogP contribution in [0, 0.1) is 12.8 Å². The molecular formula is C20H24N2O3S. The van der Waals surface area contributed by atoms with E-state index in [-0.39, 0.29) is 16.6 Å². The molecule has 0 radical (unpaired) electrons. The summed E-state index contributed by atoms with van der Waals surface area (Å²) in [5.74, 6) is 1.30. The summed E-state index contributed by atoms with van der Waals surface area (Å²) in [6.07, 6.45) is 5.01. The maximum atomic E-state index is 12.6. The molecule has 0 atom stereocenters. The van der Waals surface area contributed by atoms with Crippen molar-refractivity contribution in [2.24, 2.45) is 5.92 Å². The Morgan fingerprint density at radius 3 is 2.38 bits per heavy atom. The molecular weight excluding hydrogens is 348 g/mol. The lowest BCUT2D eigenvalue weighted by atomic mass is 9.89. The van der Waals surface area contributed by atoms with Gasteiger partial charge in [-0.05, 0) is 49.1 Å². The predicted molar refractivity (Wildman–Crippen MR) is 102 cm³/mol. The zero-order chi connectivity index (χ0) is 18.7. The molecule has 2 aromatic rings. The summed E-state index contributed by atoms with van der Waals surface area (Å²) in [4.78, 5) is 19.6. The van der Waals surface area contributed by atoms with Gasteiger partial charge in [0.15, 0.2) is 9.84 Å². The van der Waals surface area contributed by atoms with Crippen molar-refractivity contribution in [1.29, 1.82) is 0 Å². The van der Waals surface area contributed by atoms with E-state index >= 15 is 0 Å². The number of hydrogen-bond acceptors (Lipinski definition) is 5. The number of hydrogen-bond donors (Lipinski definition) is 0. The second-order valence-electron chi connectivity index (χ2n) is 6.96. The number of aromatic nitrogens is 1. The molecule has 0 saturated carbocycles. The van der Waals surface area contributed by atoms with Crippen molar-refractivity contribution in [2.75, 3.05) is 24.2 Å². The third-order valence-corrected chi connectivity index (χ3v) is 6.09. The maximum absolute atomic E-state index is 12.6. The zero-order valence-electron chi connectivity index (χ0n) is 15.2. The van der Waals surface area contributed by atoms with Gasteiger partial charge in [0, 0.05) is 37.9 Å². The van der Waals surface area contributed by atoms with E-state index < -0.39 is 9.84 Å². The fourth-order valence-corrected chi connectivity index (χ4v) is 4.05. The molecule has 0 bridgehead atoms. The summed E-state index contributed by atoms with van der Waals surface area (Å²) in [5.41, 5.74) is 2.02. The number of piperidine rings is 1. The minimum Gasteiger partial charge on any atom is -0.356 e. The molecule has 0 N–H and O–H groups in total. The fraction of sp³-hybridized carbons (Fsp3) is 0.400. The van der Waals surface area contributed by atoms with Crippen LogP contribution in [0.1, 0.15) is 24.0 Å². The van der Waals surface area contributed by atoms with Gasteiger partial charge >= 0.3 is 0 Å². The van der Waals surface area contributed by atoms with Gasteiger partial charge in [-0.3, -0.25) is 4.79 Å². The normalized spacial score (nSPS) is 15.8. The number of carbonyl (C=O) groups is 1. The van der Waals surface area contributed by atoms with Gasteiger partial charge < -0.3 is 4.90 Å². The molecule has 1 aromatic heterocycles. The second kappa shape index (κ2) is 7.58. The van der Waals surface area contributed by atoms with Crippen molar-refractivity contribution in [2.45, 2.75) is 31.1 Å². The molecule has 1 aliphatic heterocycles. The van der Waals surface area contributed by atoms with E-state index in [1.54, 1.807) is 30.5 Å². The first kappa shape index (κ1) is 18.6. The Bertz CT molecular complexity index is 884. The van der Waals surface area contributed by atoms with Gasteiger partial charge in [-0.15, -0.1) is 0 Å². The quantitative estimate of drug-likeness (QED) is 0.807. The number of Topliss-reactive ketones (excluding diaryl/α,β-unsaturated/α-hetero) is 1. The van der Waals surface area contributed by atoms with Crippen LogP contribution in [0.25, 0.3) is 0 Å². The summed E-state index contributed by atoms with van der Waals surface area (Å²) in [6, 6.07) is 10.6. The summed E-state index contributed by atoms with van der Waals surface area (Å²) in [7, 11) is -3.20. The first-order valence-corrected chi connectivity index (χ1v) is 10.7. The van der Waals surface area contributed by atoms with E-state index in [4.69, 9.17) is 0 Å². The molecule has 0 unspecified atom stereocenters. The molecule has 3 rings (SSSR count). The first-order chi connectivity index (χ1) is 12.3. The molecule has 1 aromatic carbocycles. The Labute approximate surface area is 155 Å². The summed E-state index contributed by atoms with van der Waals surface area (Å²) in [5, 5.41) is 0.